The first-order valence-corrected chi connectivity index (χ1v) is 7.52. The van der Waals surface area contributed by atoms with Crippen LogP contribution in [0.5, 0.6) is 5.75 Å². The van der Waals surface area contributed by atoms with Gasteiger partial charge in [-0.05, 0) is 43.2 Å². The normalized spacial score (nSPS) is 12.3. The van der Waals surface area contributed by atoms with E-state index >= 15 is 0 Å². The van der Waals surface area contributed by atoms with Crippen molar-refractivity contribution in [2.24, 2.45) is 0 Å². The first-order valence-electron chi connectivity index (χ1n) is 6.29. The number of aryl methyl sites for hydroxylation is 2. The van der Waals surface area contributed by atoms with Gasteiger partial charge < -0.3 is 4.74 Å². The minimum absolute atomic E-state index is 0.161. The first kappa shape index (κ1) is 16.2. The van der Waals surface area contributed by atoms with Crippen molar-refractivity contribution < 1.29 is 13.5 Å². The molecule has 0 bridgehead atoms. The lowest BCUT2D eigenvalue weighted by Gasteiger charge is -2.18. The average Bonchev–Trinajstić information content (AvgIpc) is 2.45. The molecule has 5 heteroatoms. The molecule has 2 aromatic rings. The van der Waals surface area contributed by atoms with Crippen molar-refractivity contribution >= 4 is 27.5 Å². The monoisotopic (exact) mass is 374 g/mol. The second kappa shape index (κ2) is 6.32. The molecule has 0 heterocycles. The zero-order valence-electron chi connectivity index (χ0n) is 11.8. The van der Waals surface area contributed by atoms with E-state index in [1.807, 2.05) is 6.92 Å². The van der Waals surface area contributed by atoms with Gasteiger partial charge in [-0.25, -0.2) is 8.78 Å². The molecule has 0 aliphatic rings. The molecule has 2 aromatic carbocycles. The van der Waals surface area contributed by atoms with Crippen LogP contribution in [0.3, 0.4) is 0 Å². The number of methoxy groups -OCH3 is 1. The average molecular weight is 376 g/mol. The molecule has 112 valence electrons. The van der Waals surface area contributed by atoms with Crippen molar-refractivity contribution in [3.05, 3.63) is 62.6 Å². The zero-order valence-corrected chi connectivity index (χ0v) is 14.1. The Bertz CT molecular complexity index is 688. The summed E-state index contributed by atoms with van der Waals surface area (Å²) in [6.45, 7) is 3.47. The maximum Gasteiger partial charge on any atom is 0.134 e. The molecular formula is C16H14BrClF2O. The Labute approximate surface area is 136 Å². The number of rotatable bonds is 3. The SMILES string of the molecule is COc1cc(C)c(Br)cc1C(Cl)c1c(F)ccc(C)c1F. The molecule has 0 N–H and O–H groups in total. The van der Waals surface area contributed by atoms with Gasteiger partial charge in [-0.3, -0.25) is 0 Å². The molecule has 1 atom stereocenters. The Morgan fingerprint density at radius 1 is 1.14 bits per heavy atom. The van der Waals surface area contributed by atoms with Gasteiger partial charge in [0.15, 0.2) is 0 Å². The summed E-state index contributed by atoms with van der Waals surface area (Å²) >= 11 is 9.74. The summed E-state index contributed by atoms with van der Waals surface area (Å²) in [4.78, 5) is 0. The lowest BCUT2D eigenvalue weighted by molar-refractivity contribution is 0.409. The van der Waals surface area contributed by atoms with E-state index in [0.717, 1.165) is 10.0 Å². The highest BCUT2D eigenvalue weighted by molar-refractivity contribution is 9.10. The van der Waals surface area contributed by atoms with Gasteiger partial charge >= 0.3 is 0 Å². The van der Waals surface area contributed by atoms with Gasteiger partial charge in [0.25, 0.3) is 0 Å². The van der Waals surface area contributed by atoms with Gasteiger partial charge in [-0.2, -0.15) is 0 Å². The van der Waals surface area contributed by atoms with Crippen molar-refractivity contribution in [3.8, 4) is 5.75 Å². The molecule has 0 radical (unpaired) electrons. The summed E-state index contributed by atoms with van der Waals surface area (Å²) in [6, 6.07) is 6.12. The molecule has 0 saturated carbocycles. The second-order valence-corrected chi connectivity index (χ2v) is 6.09. The number of alkyl halides is 1. The molecule has 2 rings (SSSR count). The standard InChI is InChI=1S/C16H14BrClF2O/c1-8-4-5-12(19)14(16(8)20)15(18)10-7-11(17)9(2)6-13(10)21-3/h4-7,15H,1-3H3. The van der Waals surface area contributed by atoms with Crippen LogP contribution in [0.2, 0.25) is 0 Å². The van der Waals surface area contributed by atoms with Crippen molar-refractivity contribution in [1.82, 2.24) is 0 Å². The van der Waals surface area contributed by atoms with E-state index in [4.69, 9.17) is 16.3 Å². The predicted molar refractivity (Wildman–Crippen MR) is 84.2 cm³/mol. The minimum Gasteiger partial charge on any atom is -0.496 e. The van der Waals surface area contributed by atoms with Crippen LogP contribution < -0.4 is 4.74 Å². The van der Waals surface area contributed by atoms with Crippen molar-refractivity contribution in [3.63, 3.8) is 0 Å². The first-order chi connectivity index (χ1) is 9.86. The number of halogens is 4. The Morgan fingerprint density at radius 2 is 1.81 bits per heavy atom. The smallest absolute Gasteiger partial charge is 0.134 e. The van der Waals surface area contributed by atoms with Gasteiger partial charge in [-0.1, -0.05) is 22.0 Å². The van der Waals surface area contributed by atoms with Gasteiger partial charge in [-0.15, -0.1) is 11.6 Å². The summed E-state index contributed by atoms with van der Waals surface area (Å²) in [5.41, 5.74) is 1.65. The lowest BCUT2D eigenvalue weighted by Crippen LogP contribution is -2.05. The number of ether oxygens (including phenoxy) is 1. The number of hydrogen-bond donors (Lipinski definition) is 0. The molecule has 1 nitrogen and oxygen atoms in total. The highest BCUT2D eigenvalue weighted by Gasteiger charge is 2.24. The van der Waals surface area contributed by atoms with Crippen LogP contribution in [0, 0.1) is 25.5 Å². The fourth-order valence-electron chi connectivity index (χ4n) is 2.11. The van der Waals surface area contributed by atoms with Crippen LogP contribution >= 0.6 is 27.5 Å². The third kappa shape index (κ3) is 3.06. The van der Waals surface area contributed by atoms with Crippen molar-refractivity contribution in [1.29, 1.82) is 0 Å². The van der Waals surface area contributed by atoms with Gasteiger partial charge in [0.05, 0.1) is 12.5 Å². The van der Waals surface area contributed by atoms with E-state index < -0.39 is 17.0 Å². The Balaban J connectivity index is 2.63. The van der Waals surface area contributed by atoms with Crippen molar-refractivity contribution in [2.75, 3.05) is 7.11 Å². The van der Waals surface area contributed by atoms with E-state index in [0.29, 0.717) is 16.9 Å². The van der Waals surface area contributed by atoms with Crippen LogP contribution in [0.25, 0.3) is 0 Å². The fourth-order valence-corrected chi connectivity index (χ4v) is 2.84. The summed E-state index contributed by atoms with van der Waals surface area (Å²) in [6.07, 6.45) is 0. The molecule has 0 spiro atoms. The Hall–Kier alpha value is -1.13. The van der Waals surface area contributed by atoms with Crippen LogP contribution in [0.1, 0.15) is 27.6 Å². The quantitative estimate of drug-likeness (QED) is 0.627. The van der Waals surface area contributed by atoms with Gasteiger partial charge in [0.2, 0.25) is 0 Å². The summed E-state index contributed by atoms with van der Waals surface area (Å²) in [7, 11) is 1.50. The molecule has 0 aromatic heterocycles. The van der Waals surface area contributed by atoms with Gasteiger partial charge in [0, 0.05) is 15.6 Å². The third-order valence-corrected chi connectivity index (χ3v) is 4.66. The number of benzene rings is 2. The number of hydrogen-bond acceptors (Lipinski definition) is 1. The van der Waals surface area contributed by atoms with E-state index in [2.05, 4.69) is 15.9 Å². The van der Waals surface area contributed by atoms with Crippen LogP contribution in [-0.2, 0) is 0 Å². The largest absolute Gasteiger partial charge is 0.496 e. The summed E-state index contributed by atoms with van der Waals surface area (Å²) in [5.74, 6) is -0.804. The van der Waals surface area contributed by atoms with Crippen LogP contribution in [0.4, 0.5) is 8.78 Å². The lowest BCUT2D eigenvalue weighted by atomic mass is 9.99. The van der Waals surface area contributed by atoms with E-state index in [-0.39, 0.29) is 5.56 Å². The fraction of sp³-hybridized carbons (Fsp3) is 0.250. The third-order valence-electron chi connectivity index (χ3n) is 3.36. The van der Waals surface area contributed by atoms with Gasteiger partial charge in [0.1, 0.15) is 17.4 Å². The van der Waals surface area contributed by atoms with Crippen molar-refractivity contribution in [2.45, 2.75) is 19.2 Å². The molecule has 0 saturated heterocycles. The minimum atomic E-state index is -0.975. The van der Waals surface area contributed by atoms with E-state index in [1.54, 1.807) is 19.1 Å². The Morgan fingerprint density at radius 3 is 2.43 bits per heavy atom. The maximum absolute atomic E-state index is 14.2. The molecule has 0 fully saturated rings. The van der Waals surface area contributed by atoms with Crippen LogP contribution in [0.15, 0.2) is 28.7 Å². The molecule has 1 unspecified atom stereocenters. The predicted octanol–water partition coefficient (Wildman–Crippen LogP) is 5.68. The molecule has 0 aliphatic carbocycles. The summed E-state index contributed by atoms with van der Waals surface area (Å²) < 4.78 is 34.3. The van der Waals surface area contributed by atoms with E-state index in [9.17, 15) is 8.78 Å². The maximum atomic E-state index is 14.2. The molecule has 21 heavy (non-hydrogen) atoms. The highest BCUT2D eigenvalue weighted by atomic mass is 79.9. The molecular weight excluding hydrogens is 362 g/mol. The molecule has 0 amide bonds. The Kier molecular flexibility index (Phi) is 4.89. The second-order valence-electron chi connectivity index (χ2n) is 4.80. The highest BCUT2D eigenvalue weighted by Crippen LogP contribution is 2.40. The van der Waals surface area contributed by atoms with Crippen LogP contribution in [-0.4, -0.2) is 7.11 Å². The summed E-state index contributed by atoms with van der Waals surface area (Å²) in [5, 5.41) is -0.975. The zero-order chi connectivity index (χ0) is 15.7. The molecule has 0 aliphatic heterocycles. The van der Waals surface area contributed by atoms with E-state index in [1.165, 1.54) is 19.2 Å². The topological polar surface area (TPSA) is 9.23 Å².